The van der Waals surface area contributed by atoms with Crippen molar-refractivity contribution in [1.82, 2.24) is 10.2 Å². The van der Waals surface area contributed by atoms with Gasteiger partial charge >= 0.3 is 0 Å². The predicted molar refractivity (Wildman–Crippen MR) is 126 cm³/mol. The fourth-order valence-electron chi connectivity index (χ4n) is 2.88. The minimum absolute atomic E-state index is 0.0157. The number of aliphatic imine (C=N–C) groups is 1. The van der Waals surface area contributed by atoms with Gasteiger partial charge in [-0.05, 0) is 50.8 Å². The van der Waals surface area contributed by atoms with Gasteiger partial charge in [-0.3, -0.25) is 0 Å². The van der Waals surface area contributed by atoms with E-state index >= 15 is 0 Å². The van der Waals surface area contributed by atoms with Crippen molar-refractivity contribution in [2.24, 2.45) is 22.4 Å². The van der Waals surface area contributed by atoms with E-state index in [1.54, 1.807) is 0 Å². The molecule has 0 saturated carbocycles. The molecule has 0 amide bonds. The van der Waals surface area contributed by atoms with Crippen LogP contribution in [0.2, 0.25) is 0 Å². The van der Waals surface area contributed by atoms with Crippen LogP contribution in [-0.2, 0) is 0 Å². The van der Waals surface area contributed by atoms with E-state index in [1.165, 1.54) is 0 Å². The molecule has 5 N–H and O–H groups in total. The van der Waals surface area contributed by atoms with Gasteiger partial charge in [-0.2, -0.15) is 0 Å². The van der Waals surface area contributed by atoms with E-state index in [2.05, 4.69) is 57.5 Å². The average molecular weight is 402 g/mol. The van der Waals surface area contributed by atoms with Crippen LogP contribution >= 0.6 is 9.24 Å². The Bertz CT molecular complexity index is 685. The third-order valence-corrected chi connectivity index (χ3v) is 5.15. The first-order valence-corrected chi connectivity index (χ1v) is 10.4. The maximum absolute atomic E-state index is 5.99. The van der Waals surface area contributed by atoms with Crippen LogP contribution in [-0.4, -0.2) is 29.1 Å². The third-order valence-electron chi connectivity index (χ3n) is 4.60. The Kier molecular flexibility index (Phi) is 10.8. The fraction of sp³-hybridized carbons (Fsp3) is 0.409. The van der Waals surface area contributed by atoms with Crippen molar-refractivity contribution in [1.29, 1.82) is 0 Å². The Hall–Kier alpha value is -1.94. The Labute approximate surface area is 172 Å². The maximum Gasteiger partial charge on any atom is 0.134 e. The van der Waals surface area contributed by atoms with Gasteiger partial charge in [-0.15, -0.1) is 9.24 Å². The minimum atomic E-state index is -0.0157. The summed E-state index contributed by atoms with van der Waals surface area (Å²) in [5.74, 6) is 1.61. The lowest BCUT2D eigenvalue weighted by Gasteiger charge is -2.33. The first-order chi connectivity index (χ1) is 13.3. The zero-order chi connectivity index (χ0) is 21.1. The molecule has 6 heteroatoms. The van der Waals surface area contributed by atoms with Crippen LogP contribution in [0.4, 0.5) is 0 Å². The summed E-state index contributed by atoms with van der Waals surface area (Å²) in [5.41, 5.74) is 13.6. The van der Waals surface area contributed by atoms with E-state index in [0.29, 0.717) is 18.2 Å². The lowest BCUT2D eigenvalue weighted by atomic mass is 9.99. The second kappa shape index (κ2) is 12.5. The highest BCUT2D eigenvalue weighted by Gasteiger charge is 2.22. The molecule has 1 rings (SSSR count). The molecular formula is C22H36N5P. The van der Waals surface area contributed by atoms with Gasteiger partial charge in [-0.25, -0.2) is 4.99 Å². The predicted octanol–water partition coefficient (Wildman–Crippen LogP) is 3.77. The highest BCUT2D eigenvalue weighted by molar-refractivity contribution is 7.17. The van der Waals surface area contributed by atoms with Crippen LogP contribution in [0.15, 0.2) is 77.9 Å². The first-order valence-electron chi connectivity index (χ1n) is 9.75. The SMILES string of the molecule is C=C(NC1=NC(=C)N(C(C)CC(CN)C(N)P)C=C1)C(/C=C\C=C/CC)=C/C. The van der Waals surface area contributed by atoms with Crippen LogP contribution in [0.1, 0.15) is 33.6 Å². The number of hydrogen-bond donors (Lipinski definition) is 3. The van der Waals surface area contributed by atoms with Crippen molar-refractivity contribution in [2.75, 3.05) is 6.54 Å². The van der Waals surface area contributed by atoms with Gasteiger partial charge in [0.25, 0.3) is 0 Å². The standard InChI is InChI=1S/C22H36N5P/c1-6-8-9-10-11-19(7-2)17(4)25-21-12-13-27(18(5)26-21)16(3)14-20(15-23)22(24)28/h7-13,16,20,22H,4-6,14-15,23-24,28H2,1-3H3,(H,25,26)/b9-8-,11-10-,19-7+. The molecule has 0 bridgehead atoms. The molecule has 28 heavy (non-hydrogen) atoms. The lowest BCUT2D eigenvalue weighted by molar-refractivity contribution is 0.291. The summed E-state index contributed by atoms with van der Waals surface area (Å²) >= 11 is 0. The highest BCUT2D eigenvalue weighted by Crippen LogP contribution is 2.22. The van der Waals surface area contributed by atoms with Crippen molar-refractivity contribution in [2.45, 2.75) is 45.4 Å². The lowest BCUT2D eigenvalue weighted by Crippen LogP contribution is -2.38. The number of allylic oxidation sites excluding steroid dienone is 5. The van der Waals surface area contributed by atoms with Gasteiger partial charge in [0.05, 0.1) is 0 Å². The zero-order valence-corrected chi connectivity index (χ0v) is 18.6. The molecule has 4 atom stereocenters. The Morgan fingerprint density at radius 1 is 1.43 bits per heavy atom. The normalized spacial score (nSPS) is 18.5. The topological polar surface area (TPSA) is 79.7 Å². The molecule has 0 radical (unpaired) electrons. The molecule has 0 aromatic heterocycles. The van der Waals surface area contributed by atoms with Crippen molar-refractivity contribution < 1.29 is 0 Å². The van der Waals surface area contributed by atoms with Crippen LogP contribution in [0.3, 0.4) is 0 Å². The minimum Gasteiger partial charge on any atom is -0.340 e. The summed E-state index contributed by atoms with van der Waals surface area (Å²) in [4.78, 5) is 6.64. The highest BCUT2D eigenvalue weighted by atomic mass is 31.0. The second-order valence-electron chi connectivity index (χ2n) is 6.84. The van der Waals surface area contributed by atoms with Crippen molar-refractivity contribution in [3.8, 4) is 0 Å². The molecule has 154 valence electrons. The van der Waals surface area contributed by atoms with E-state index in [1.807, 2.05) is 43.5 Å². The summed E-state index contributed by atoms with van der Waals surface area (Å²) < 4.78 is 0. The molecule has 0 saturated heterocycles. The third kappa shape index (κ3) is 7.59. The molecule has 0 spiro atoms. The molecular weight excluding hydrogens is 365 g/mol. The Balaban J connectivity index is 2.72. The van der Waals surface area contributed by atoms with Crippen LogP contribution < -0.4 is 16.8 Å². The van der Waals surface area contributed by atoms with Gasteiger partial charge < -0.3 is 21.7 Å². The van der Waals surface area contributed by atoms with E-state index < -0.39 is 0 Å². The molecule has 5 nitrogen and oxygen atoms in total. The zero-order valence-electron chi connectivity index (χ0n) is 17.4. The van der Waals surface area contributed by atoms with Crippen LogP contribution in [0.25, 0.3) is 0 Å². The summed E-state index contributed by atoms with van der Waals surface area (Å²) in [6.07, 6.45) is 16.0. The molecule has 1 heterocycles. The number of nitrogens with two attached hydrogens (primary N) is 2. The number of nitrogens with one attached hydrogen (secondary N) is 1. The van der Waals surface area contributed by atoms with Crippen molar-refractivity contribution in [3.05, 3.63) is 72.9 Å². The smallest absolute Gasteiger partial charge is 0.134 e. The number of hydrogen-bond acceptors (Lipinski definition) is 5. The van der Waals surface area contributed by atoms with Gasteiger partial charge in [0, 0.05) is 23.7 Å². The van der Waals surface area contributed by atoms with E-state index in [0.717, 1.165) is 24.1 Å². The fourth-order valence-corrected chi connectivity index (χ4v) is 3.19. The monoisotopic (exact) mass is 401 g/mol. The van der Waals surface area contributed by atoms with Crippen molar-refractivity contribution in [3.63, 3.8) is 0 Å². The summed E-state index contributed by atoms with van der Waals surface area (Å²) in [5, 5.41) is 3.27. The molecule has 1 aliphatic heterocycles. The van der Waals surface area contributed by atoms with E-state index in [4.69, 9.17) is 11.5 Å². The average Bonchev–Trinajstić information content (AvgIpc) is 2.65. The molecule has 0 aliphatic carbocycles. The molecule has 0 aromatic rings. The maximum atomic E-state index is 5.99. The van der Waals surface area contributed by atoms with Crippen molar-refractivity contribution >= 4 is 15.1 Å². The Morgan fingerprint density at radius 2 is 2.14 bits per heavy atom. The largest absolute Gasteiger partial charge is 0.340 e. The van der Waals surface area contributed by atoms with Gasteiger partial charge in [0.1, 0.15) is 11.7 Å². The van der Waals surface area contributed by atoms with E-state index in [-0.39, 0.29) is 17.7 Å². The Morgan fingerprint density at radius 3 is 2.68 bits per heavy atom. The molecule has 1 aliphatic rings. The summed E-state index contributed by atoms with van der Waals surface area (Å²) in [6.45, 7) is 15.0. The first kappa shape index (κ1) is 24.1. The molecule has 0 fully saturated rings. The number of nitrogens with zero attached hydrogens (tertiary/aromatic N) is 2. The second-order valence-corrected chi connectivity index (χ2v) is 7.61. The van der Waals surface area contributed by atoms with E-state index in [9.17, 15) is 0 Å². The summed E-state index contributed by atoms with van der Waals surface area (Å²) in [7, 11) is 2.64. The molecule has 4 unspecified atom stereocenters. The number of amidine groups is 1. The van der Waals surface area contributed by atoms with Gasteiger partial charge in [-0.1, -0.05) is 50.5 Å². The summed E-state index contributed by atoms with van der Waals surface area (Å²) in [6, 6.07) is 0.205. The number of rotatable bonds is 10. The van der Waals surface area contributed by atoms with Gasteiger partial charge in [0.15, 0.2) is 0 Å². The van der Waals surface area contributed by atoms with Crippen LogP contribution in [0.5, 0.6) is 0 Å². The quantitative estimate of drug-likeness (QED) is 0.385. The van der Waals surface area contributed by atoms with Crippen LogP contribution in [0, 0.1) is 5.92 Å². The van der Waals surface area contributed by atoms with Gasteiger partial charge in [0.2, 0.25) is 0 Å². The molecule has 0 aromatic carbocycles.